The minimum atomic E-state index is -1.05. The minimum Gasteiger partial charge on any atom is -0.493 e. The van der Waals surface area contributed by atoms with Crippen LogP contribution in [0, 0.1) is 5.92 Å². The highest BCUT2D eigenvalue weighted by Gasteiger charge is 2.22. The van der Waals surface area contributed by atoms with Crippen LogP contribution in [-0.4, -0.2) is 29.6 Å². The van der Waals surface area contributed by atoms with Crippen LogP contribution in [0.4, 0.5) is 0 Å². The van der Waals surface area contributed by atoms with Gasteiger partial charge in [0.15, 0.2) is 0 Å². The number of hydrogen-bond acceptors (Lipinski definition) is 3. The molecule has 0 saturated carbocycles. The van der Waals surface area contributed by atoms with E-state index in [2.05, 4.69) is 21.2 Å². The van der Waals surface area contributed by atoms with Gasteiger partial charge in [0.2, 0.25) is 5.91 Å². The molecule has 1 aromatic carbocycles. The molecule has 1 rings (SSSR count). The predicted molar refractivity (Wildman–Crippen MR) is 88.7 cm³/mol. The van der Waals surface area contributed by atoms with E-state index >= 15 is 0 Å². The van der Waals surface area contributed by atoms with Crippen molar-refractivity contribution in [2.45, 2.75) is 26.8 Å². The second-order valence-electron chi connectivity index (χ2n) is 5.02. The van der Waals surface area contributed by atoms with Crippen LogP contribution in [0.25, 0.3) is 6.08 Å². The Labute approximate surface area is 138 Å². The van der Waals surface area contributed by atoms with Crippen LogP contribution in [-0.2, 0) is 9.59 Å². The third-order valence-corrected chi connectivity index (χ3v) is 3.41. The van der Waals surface area contributed by atoms with E-state index in [0.717, 1.165) is 10.0 Å². The zero-order valence-corrected chi connectivity index (χ0v) is 14.4. The molecule has 0 saturated heterocycles. The fourth-order valence-electron chi connectivity index (χ4n) is 1.82. The Balaban J connectivity index is 2.85. The number of ether oxygens (including phenoxy) is 1. The second kappa shape index (κ2) is 8.58. The van der Waals surface area contributed by atoms with Crippen molar-refractivity contribution < 1.29 is 19.4 Å². The van der Waals surface area contributed by atoms with Crippen LogP contribution >= 0.6 is 15.9 Å². The summed E-state index contributed by atoms with van der Waals surface area (Å²) < 4.78 is 6.35. The summed E-state index contributed by atoms with van der Waals surface area (Å²) in [5.74, 6) is -1.04. The van der Waals surface area contributed by atoms with E-state index in [9.17, 15) is 9.59 Å². The number of aliphatic carboxylic acids is 1. The topological polar surface area (TPSA) is 75.6 Å². The molecular weight excluding hydrogens is 350 g/mol. The number of carboxylic acid groups (broad SMARTS) is 1. The highest BCUT2D eigenvalue weighted by atomic mass is 79.9. The number of carbonyl (C=O) groups excluding carboxylic acids is 1. The zero-order chi connectivity index (χ0) is 16.7. The first-order chi connectivity index (χ1) is 10.3. The Kier molecular flexibility index (Phi) is 7.11. The molecule has 1 atom stereocenters. The molecule has 0 heterocycles. The van der Waals surface area contributed by atoms with Gasteiger partial charge in [-0.1, -0.05) is 29.8 Å². The maximum atomic E-state index is 11.9. The molecule has 0 aromatic heterocycles. The van der Waals surface area contributed by atoms with E-state index in [0.29, 0.717) is 12.4 Å². The van der Waals surface area contributed by atoms with Gasteiger partial charge in [0.25, 0.3) is 0 Å². The summed E-state index contributed by atoms with van der Waals surface area (Å²) >= 11 is 3.37. The molecule has 22 heavy (non-hydrogen) atoms. The molecule has 1 aromatic rings. The SMILES string of the molecule is CCOc1ccc(Br)cc1/C=C/C(=O)NC(C(=O)O)C(C)C. The molecule has 0 aliphatic rings. The highest BCUT2D eigenvalue weighted by Crippen LogP contribution is 2.24. The molecule has 2 N–H and O–H groups in total. The first-order valence-corrected chi connectivity index (χ1v) is 7.78. The van der Waals surface area contributed by atoms with Gasteiger partial charge in [-0.15, -0.1) is 0 Å². The van der Waals surface area contributed by atoms with Crippen molar-refractivity contribution in [3.05, 3.63) is 34.3 Å². The Bertz CT molecular complexity index is 569. The van der Waals surface area contributed by atoms with Gasteiger partial charge in [-0.05, 0) is 37.1 Å². The first-order valence-electron chi connectivity index (χ1n) is 6.98. The van der Waals surface area contributed by atoms with Gasteiger partial charge < -0.3 is 15.2 Å². The lowest BCUT2D eigenvalue weighted by Crippen LogP contribution is -2.43. The third-order valence-electron chi connectivity index (χ3n) is 2.92. The van der Waals surface area contributed by atoms with E-state index in [1.807, 2.05) is 19.1 Å². The maximum absolute atomic E-state index is 11.9. The number of carboxylic acids is 1. The molecule has 0 bridgehead atoms. The van der Waals surface area contributed by atoms with Crippen LogP contribution in [0.5, 0.6) is 5.75 Å². The quantitative estimate of drug-likeness (QED) is 0.724. The molecule has 0 radical (unpaired) electrons. The molecule has 120 valence electrons. The number of amides is 1. The number of rotatable bonds is 7. The standard InChI is InChI=1S/C16H20BrNO4/c1-4-22-13-7-6-12(17)9-11(13)5-8-14(19)18-15(10(2)3)16(20)21/h5-10,15H,4H2,1-3H3,(H,18,19)(H,20,21)/b8-5+. The highest BCUT2D eigenvalue weighted by molar-refractivity contribution is 9.10. The Morgan fingerprint density at radius 1 is 1.41 bits per heavy atom. The Hall–Kier alpha value is -1.82. The smallest absolute Gasteiger partial charge is 0.326 e. The molecular formula is C16H20BrNO4. The van der Waals surface area contributed by atoms with Crippen molar-refractivity contribution in [3.8, 4) is 5.75 Å². The van der Waals surface area contributed by atoms with Crippen LogP contribution < -0.4 is 10.1 Å². The average Bonchev–Trinajstić information content (AvgIpc) is 2.44. The molecule has 0 spiro atoms. The molecule has 0 fully saturated rings. The number of hydrogen-bond donors (Lipinski definition) is 2. The lowest BCUT2D eigenvalue weighted by molar-refractivity contribution is -0.142. The summed E-state index contributed by atoms with van der Waals surface area (Å²) in [5, 5.41) is 11.5. The maximum Gasteiger partial charge on any atom is 0.326 e. The normalized spacial score (nSPS) is 12.4. The van der Waals surface area contributed by atoms with Crippen LogP contribution in [0.1, 0.15) is 26.3 Å². The van der Waals surface area contributed by atoms with Gasteiger partial charge in [0.05, 0.1) is 6.61 Å². The lowest BCUT2D eigenvalue weighted by Gasteiger charge is -2.16. The predicted octanol–water partition coefficient (Wildman–Crippen LogP) is 3.09. The second-order valence-corrected chi connectivity index (χ2v) is 5.93. The number of halogens is 1. The summed E-state index contributed by atoms with van der Waals surface area (Å²) in [6, 6.07) is 4.57. The lowest BCUT2D eigenvalue weighted by atomic mass is 10.0. The van der Waals surface area contributed by atoms with Crippen molar-refractivity contribution in [1.29, 1.82) is 0 Å². The Morgan fingerprint density at radius 3 is 2.64 bits per heavy atom. The molecule has 1 unspecified atom stereocenters. The molecule has 6 heteroatoms. The van der Waals surface area contributed by atoms with Crippen molar-refractivity contribution in [3.63, 3.8) is 0 Å². The van der Waals surface area contributed by atoms with E-state index < -0.39 is 17.9 Å². The van der Waals surface area contributed by atoms with Gasteiger partial charge in [0.1, 0.15) is 11.8 Å². The van der Waals surface area contributed by atoms with Crippen LogP contribution in [0.3, 0.4) is 0 Å². The third kappa shape index (κ3) is 5.52. The van der Waals surface area contributed by atoms with Gasteiger partial charge >= 0.3 is 5.97 Å². The Morgan fingerprint density at radius 2 is 2.09 bits per heavy atom. The van der Waals surface area contributed by atoms with Gasteiger partial charge in [-0.3, -0.25) is 4.79 Å². The van der Waals surface area contributed by atoms with Crippen molar-refractivity contribution >= 4 is 33.9 Å². The van der Waals surface area contributed by atoms with Gasteiger partial charge in [-0.25, -0.2) is 4.79 Å². The number of nitrogens with one attached hydrogen (secondary N) is 1. The average molecular weight is 370 g/mol. The minimum absolute atomic E-state index is 0.195. The zero-order valence-electron chi connectivity index (χ0n) is 12.8. The summed E-state index contributed by atoms with van der Waals surface area (Å²) in [4.78, 5) is 22.9. The summed E-state index contributed by atoms with van der Waals surface area (Å²) in [5.41, 5.74) is 0.739. The van der Waals surface area contributed by atoms with E-state index in [1.54, 1.807) is 26.0 Å². The van der Waals surface area contributed by atoms with Crippen molar-refractivity contribution in [2.24, 2.45) is 5.92 Å². The summed E-state index contributed by atoms with van der Waals surface area (Å²) in [7, 11) is 0. The first kappa shape index (κ1) is 18.2. The fraction of sp³-hybridized carbons (Fsp3) is 0.375. The van der Waals surface area contributed by atoms with Crippen molar-refractivity contribution in [1.82, 2.24) is 5.32 Å². The summed E-state index contributed by atoms with van der Waals surface area (Å²) in [6.45, 7) is 5.88. The van der Waals surface area contributed by atoms with Crippen LogP contribution in [0.2, 0.25) is 0 Å². The number of carbonyl (C=O) groups is 2. The summed E-state index contributed by atoms with van der Waals surface area (Å²) in [6.07, 6.45) is 2.91. The van der Waals surface area contributed by atoms with E-state index in [1.165, 1.54) is 6.08 Å². The van der Waals surface area contributed by atoms with Crippen molar-refractivity contribution in [2.75, 3.05) is 6.61 Å². The molecule has 0 aliphatic carbocycles. The largest absolute Gasteiger partial charge is 0.493 e. The molecule has 5 nitrogen and oxygen atoms in total. The van der Waals surface area contributed by atoms with Gasteiger partial charge in [-0.2, -0.15) is 0 Å². The molecule has 0 aliphatic heterocycles. The number of benzene rings is 1. The molecule has 1 amide bonds. The fourth-order valence-corrected chi connectivity index (χ4v) is 2.20. The van der Waals surface area contributed by atoms with E-state index in [-0.39, 0.29) is 5.92 Å². The van der Waals surface area contributed by atoms with Gasteiger partial charge in [0, 0.05) is 16.1 Å². The monoisotopic (exact) mass is 369 g/mol. The van der Waals surface area contributed by atoms with Crippen LogP contribution in [0.15, 0.2) is 28.7 Å². The van der Waals surface area contributed by atoms with E-state index in [4.69, 9.17) is 9.84 Å².